The third-order valence-corrected chi connectivity index (χ3v) is 8.85. The molecule has 1 saturated carbocycles. The summed E-state index contributed by atoms with van der Waals surface area (Å²) in [7, 11) is -4.25. The van der Waals surface area contributed by atoms with E-state index in [-0.39, 0.29) is 36.7 Å². The molecule has 0 bridgehead atoms. The molecule has 2 aromatic rings. The van der Waals surface area contributed by atoms with E-state index in [1.54, 1.807) is 18.2 Å². The molecule has 44 heavy (non-hydrogen) atoms. The second-order valence-electron chi connectivity index (χ2n) is 10.9. The van der Waals surface area contributed by atoms with Crippen LogP contribution in [0.3, 0.4) is 0 Å². The van der Waals surface area contributed by atoms with Gasteiger partial charge in [-0.15, -0.1) is 0 Å². The molecule has 4 rings (SSSR count). The second-order valence-corrected chi connectivity index (χ2v) is 12.7. The molecule has 1 heterocycles. The normalized spacial score (nSPS) is 17.7. The standard InChI is InChI=1S/C29H39N7O7S/c1-20(37)43-14-12-31-28(39)18-36(24-9-10-24)29(40)26(16-27(38)33-23-7-4-13-35(17-23)19-32-30)34-44(41,42)25-11-8-21-5-2-3-6-22(21)15-25/h2-3,5-6,8,11,15,19,23-24,26,34H,4,7,9-10,12-14,16-18,30H2,1H3,(H,31,39)(H,33,38)/t23-,26-/m0/s1. The molecule has 3 amide bonds. The Morgan fingerprint density at radius 3 is 2.57 bits per heavy atom. The molecular weight excluding hydrogens is 590 g/mol. The van der Waals surface area contributed by atoms with Gasteiger partial charge in [0.05, 0.1) is 24.4 Å². The first-order valence-corrected chi connectivity index (χ1v) is 16.0. The van der Waals surface area contributed by atoms with E-state index in [0.717, 1.165) is 18.4 Å². The zero-order chi connectivity index (χ0) is 31.7. The van der Waals surface area contributed by atoms with Crippen LogP contribution in [0.2, 0.25) is 0 Å². The van der Waals surface area contributed by atoms with Gasteiger partial charge in [0.15, 0.2) is 0 Å². The number of hydrazone groups is 1. The molecule has 0 unspecified atom stereocenters. The van der Waals surface area contributed by atoms with Gasteiger partial charge in [-0.1, -0.05) is 30.3 Å². The van der Waals surface area contributed by atoms with Crippen LogP contribution in [0.1, 0.15) is 39.0 Å². The number of benzene rings is 2. The van der Waals surface area contributed by atoms with Crippen molar-refractivity contribution in [3.05, 3.63) is 42.5 Å². The van der Waals surface area contributed by atoms with Gasteiger partial charge in [-0.3, -0.25) is 19.2 Å². The van der Waals surface area contributed by atoms with E-state index in [1.807, 2.05) is 17.0 Å². The minimum absolute atomic E-state index is 0.0253. The fourth-order valence-electron chi connectivity index (χ4n) is 5.13. The van der Waals surface area contributed by atoms with E-state index in [2.05, 4.69) is 20.5 Å². The van der Waals surface area contributed by atoms with Crippen molar-refractivity contribution >= 4 is 50.8 Å². The molecule has 15 heteroatoms. The number of nitrogens with one attached hydrogen (secondary N) is 3. The number of carbonyl (C=O) groups excluding carboxylic acids is 4. The van der Waals surface area contributed by atoms with Crippen molar-refractivity contribution in [2.24, 2.45) is 10.9 Å². The fraction of sp³-hybridized carbons (Fsp3) is 0.483. The second kappa shape index (κ2) is 15.0. The van der Waals surface area contributed by atoms with Crippen molar-refractivity contribution in [1.29, 1.82) is 0 Å². The van der Waals surface area contributed by atoms with E-state index < -0.39 is 46.2 Å². The van der Waals surface area contributed by atoms with Crippen LogP contribution in [0.4, 0.5) is 0 Å². The quantitative estimate of drug-likeness (QED) is 0.0557. The number of carbonyl (C=O) groups is 4. The highest BCUT2D eigenvalue weighted by molar-refractivity contribution is 7.89. The number of hydrogen-bond acceptors (Lipinski definition) is 9. The monoisotopic (exact) mass is 629 g/mol. The summed E-state index contributed by atoms with van der Waals surface area (Å²) in [6.45, 7) is 2.15. The summed E-state index contributed by atoms with van der Waals surface area (Å²) in [6.07, 6.45) is 3.80. The van der Waals surface area contributed by atoms with Crippen LogP contribution < -0.4 is 21.2 Å². The van der Waals surface area contributed by atoms with E-state index in [4.69, 9.17) is 10.6 Å². The average Bonchev–Trinajstić information content (AvgIpc) is 3.83. The number of nitrogens with zero attached hydrogens (tertiary/aromatic N) is 3. The molecule has 14 nitrogen and oxygen atoms in total. The van der Waals surface area contributed by atoms with Gasteiger partial charge in [-0.2, -0.15) is 9.82 Å². The lowest BCUT2D eigenvalue weighted by atomic mass is 10.1. The molecule has 1 aliphatic carbocycles. The Kier molecular flexibility index (Phi) is 11.1. The van der Waals surface area contributed by atoms with Crippen molar-refractivity contribution in [1.82, 2.24) is 25.2 Å². The van der Waals surface area contributed by atoms with Gasteiger partial charge in [0.1, 0.15) is 19.0 Å². The maximum atomic E-state index is 13.9. The number of hydrogen-bond donors (Lipinski definition) is 4. The van der Waals surface area contributed by atoms with Crippen molar-refractivity contribution in [2.45, 2.75) is 62.0 Å². The first-order chi connectivity index (χ1) is 21.1. The number of nitrogens with two attached hydrogens (primary N) is 1. The molecular formula is C29H39N7O7S. The molecule has 2 aliphatic rings. The van der Waals surface area contributed by atoms with Gasteiger partial charge in [0, 0.05) is 32.1 Å². The Labute approximate surface area is 256 Å². The Hall–Kier alpha value is -4.24. The van der Waals surface area contributed by atoms with Gasteiger partial charge in [-0.25, -0.2) is 8.42 Å². The minimum atomic E-state index is -4.25. The molecule has 0 spiro atoms. The molecule has 5 N–H and O–H groups in total. The predicted molar refractivity (Wildman–Crippen MR) is 162 cm³/mol. The number of likely N-dealkylation sites (tertiary alicyclic amines) is 1. The number of ether oxygens (including phenoxy) is 1. The van der Waals surface area contributed by atoms with Gasteiger partial charge < -0.3 is 31.0 Å². The number of piperidine rings is 1. The summed E-state index contributed by atoms with van der Waals surface area (Å²) >= 11 is 0. The van der Waals surface area contributed by atoms with Crippen LogP contribution >= 0.6 is 0 Å². The van der Waals surface area contributed by atoms with Crippen LogP contribution in [-0.4, -0.2) is 99.2 Å². The molecule has 238 valence electrons. The Morgan fingerprint density at radius 2 is 1.86 bits per heavy atom. The van der Waals surface area contributed by atoms with Crippen LogP contribution in [0.15, 0.2) is 52.5 Å². The summed E-state index contributed by atoms with van der Waals surface area (Å²) in [6, 6.07) is 9.91. The topological polar surface area (TPSA) is 193 Å². The third-order valence-electron chi connectivity index (χ3n) is 7.38. The first kappa shape index (κ1) is 32.7. The van der Waals surface area contributed by atoms with E-state index >= 15 is 0 Å². The molecule has 1 saturated heterocycles. The predicted octanol–water partition coefficient (Wildman–Crippen LogP) is 0.0297. The van der Waals surface area contributed by atoms with Crippen molar-refractivity contribution in [2.75, 3.05) is 32.8 Å². The minimum Gasteiger partial charge on any atom is -0.464 e. The summed E-state index contributed by atoms with van der Waals surface area (Å²) in [5, 5.41) is 10.6. The SMILES string of the molecule is CC(=O)OCCNC(=O)CN(C(=O)[C@H](CC(=O)N[C@H]1CCCN(C=NN)C1)NS(=O)(=O)c1ccc2ccccc2c1)C1CC1. The highest BCUT2D eigenvalue weighted by atomic mass is 32.2. The average molecular weight is 630 g/mol. The van der Waals surface area contributed by atoms with Crippen LogP contribution in [0.25, 0.3) is 10.8 Å². The lowest BCUT2D eigenvalue weighted by molar-refractivity contribution is -0.141. The zero-order valence-corrected chi connectivity index (χ0v) is 25.4. The van der Waals surface area contributed by atoms with Crippen LogP contribution in [-0.2, 0) is 33.9 Å². The summed E-state index contributed by atoms with van der Waals surface area (Å²) < 4.78 is 34.4. The molecule has 0 aromatic heterocycles. The van der Waals surface area contributed by atoms with E-state index in [0.29, 0.717) is 31.2 Å². The van der Waals surface area contributed by atoms with Crippen molar-refractivity contribution < 1.29 is 32.3 Å². The number of esters is 1. The number of amides is 3. The molecule has 2 aromatic carbocycles. The van der Waals surface area contributed by atoms with Crippen LogP contribution in [0.5, 0.6) is 0 Å². The summed E-state index contributed by atoms with van der Waals surface area (Å²) in [5.74, 6) is 3.09. The number of rotatable bonds is 14. The Bertz CT molecular complexity index is 1500. The lowest BCUT2D eigenvalue weighted by Gasteiger charge is -2.32. The smallest absolute Gasteiger partial charge is 0.302 e. The Morgan fingerprint density at radius 1 is 1.11 bits per heavy atom. The van der Waals surface area contributed by atoms with Crippen molar-refractivity contribution in [3.8, 4) is 0 Å². The maximum absolute atomic E-state index is 13.9. The molecule has 2 atom stereocenters. The fourth-order valence-corrected chi connectivity index (χ4v) is 6.36. The van der Waals surface area contributed by atoms with Crippen LogP contribution in [0, 0.1) is 0 Å². The maximum Gasteiger partial charge on any atom is 0.302 e. The van der Waals surface area contributed by atoms with Gasteiger partial charge in [-0.05, 0) is 48.6 Å². The third kappa shape index (κ3) is 9.38. The number of sulfonamides is 1. The zero-order valence-electron chi connectivity index (χ0n) is 24.6. The van der Waals surface area contributed by atoms with Crippen molar-refractivity contribution in [3.63, 3.8) is 0 Å². The summed E-state index contributed by atoms with van der Waals surface area (Å²) in [5.41, 5.74) is 0. The summed E-state index contributed by atoms with van der Waals surface area (Å²) in [4.78, 5) is 53.9. The van der Waals surface area contributed by atoms with Gasteiger partial charge >= 0.3 is 5.97 Å². The highest BCUT2D eigenvalue weighted by Crippen LogP contribution is 2.28. The van der Waals surface area contributed by atoms with E-state index in [1.165, 1.54) is 30.3 Å². The van der Waals surface area contributed by atoms with E-state index in [9.17, 15) is 27.6 Å². The largest absolute Gasteiger partial charge is 0.464 e. The Balaban J connectivity index is 1.51. The van der Waals surface area contributed by atoms with Gasteiger partial charge in [0.2, 0.25) is 27.7 Å². The molecule has 2 fully saturated rings. The molecule has 0 radical (unpaired) electrons. The number of fused-ring (bicyclic) bond motifs is 1. The lowest BCUT2D eigenvalue weighted by Crippen LogP contribution is -2.54. The highest BCUT2D eigenvalue weighted by Gasteiger charge is 2.39. The first-order valence-electron chi connectivity index (χ1n) is 14.5. The van der Waals surface area contributed by atoms with Gasteiger partial charge in [0.25, 0.3) is 0 Å². The molecule has 1 aliphatic heterocycles.